The summed E-state index contributed by atoms with van der Waals surface area (Å²) in [6.45, 7) is 3.13. The first kappa shape index (κ1) is 13.5. The third-order valence-electron chi connectivity index (χ3n) is 3.28. The van der Waals surface area contributed by atoms with Gasteiger partial charge in [0.15, 0.2) is 0 Å². The molecule has 0 spiro atoms. The van der Waals surface area contributed by atoms with Gasteiger partial charge in [-0.05, 0) is 19.9 Å². The Hall–Kier alpha value is -1.89. The fourth-order valence-electron chi connectivity index (χ4n) is 2.29. The molecule has 7 heteroatoms. The van der Waals surface area contributed by atoms with Crippen LogP contribution in [0.15, 0.2) is 6.20 Å². The fraction of sp³-hybridized carbons (Fsp3) is 0.583. The molecule has 104 valence electrons. The first-order chi connectivity index (χ1) is 8.95. The average Bonchev–Trinajstić information content (AvgIpc) is 2.87. The van der Waals surface area contributed by atoms with Crippen molar-refractivity contribution in [3.63, 3.8) is 0 Å². The molecule has 19 heavy (non-hydrogen) atoms. The lowest BCUT2D eigenvalue weighted by Crippen LogP contribution is -2.32. The van der Waals surface area contributed by atoms with Gasteiger partial charge in [-0.3, -0.25) is 19.2 Å². The molecule has 0 aromatic carbocycles. The lowest BCUT2D eigenvalue weighted by atomic mass is 10.1. The van der Waals surface area contributed by atoms with Gasteiger partial charge in [0, 0.05) is 19.8 Å². The maximum absolute atomic E-state index is 11.9. The first-order valence-electron chi connectivity index (χ1n) is 6.21. The number of carboxylic acid groups (broad SMARTS) is 1. The summed E-state index contributed by atoms with van der Waals surface area (Å²) in [7, 11) is 1.79. The zero-order valence-corrected chi connectivity index (χ0v) is 11.1. The number of hydrogen-bond donors (Lipinski definition) is 2. The molecular weight excluding hydrogens is 248 g/mol. The van der Waals surface area contributed by atoms with Crippen LogP contribution in [-0.4, -0.2) is 51.3 Å². The number of carbonyl (C=O) groups is 2. The van der Waals surface area contributed by atoms with Crippen LogP contribution in [0, 0.1) is 12.8 Å². The highest BCUT2D eigenvalue weighted by atomic mass is 16.4. The van der Waals surface area contributed by atoms with Crippen molar-refractivity contribution in [2.24, 2.45) is 13.0 Å². The summed E-state index contributed by atoms with van der Waals surface area (Å²) in [5, 5.41) is 15.8. The van der Waals surface area contributed by atoms with Crippen LogP contribution in [-0.2, 0) is 16.6 Å². The molecule has 1 aliphatic heterocycles. The second-order valence-corrected chi connectivity index (χ2v) is 4.91. The summed E-state index contributed by atoms with van der Waals surface area (Å²) in [4.78, 5) is 24.6. The van der Waals surface area contributed by atoms with E-state index in [2.05, 4.69) is 10.4 Å². The van der Waals surface area contributed by atoms with E-state index in [-0.39, 0.29) is 18.4 Å². The molecule has 0 saturated carbocycles. The molecule has 7 nitrogen and oxygen atoms in total. The van der Waals surface area contributed by atoms with Crippen LogP contribution < -0.4 is 5.32 Å². The van der Waals surface area contributed by atoms with Crippen LogP contribution in [0.3, 0.4) is 0 Å². The van der Waals surface area contributed by atoms with Crippen molar-refractivity contribution in [3.8, 4) is 0 Å². The van der Waals surface area contributed by atoms with Crippen LogP contribution in [0.5, 0.6) is 0 Å². The number of likely N-dealkylation sites (tertiary alicyclic amines) is 1. The molecule has 1 aromatic rings. The molecule has 1 aromatic heterocycles. The number of nitrogens with one attached hydrogen (secondary N) is 1. The number of aromatic nitrogens is 2. The predicted molar refractivity (Wildman–Crippen MR) is 68.8 cm³/mol. The number of aliphatic carboxylic acids is 1. The number of amides is 1. The number of nitrogens with zero attached hydrogens (tertiary/aromatic N) is 3. The number of carbonyl (C=O) groups excluding carboxylic acids is 1. The van der Waals surface area contributed by atoms with E-state index in [9.17, 15) is 9.59 Å². The van der Waals surface area contributed by atoms with Crippen LogP contribution in [0.25, 0.3) is 0 Å². The molecule has 1 aliphatic rings. The largest absolute Gasteiger partial charge is 0.481 e. The van der Waals surface area contributed by atoms with E-state index in [4.69, 9.17) is 5.11 Å². The lowest BCUT2D eigenvalue weighted by molar-refractivity contribution is -0.141. The second kappa shape index (κ2) is 5.40. The van der Waals surface area contributed by atoms with Crippen molar-refractivity contribution in [1.82, 2.24) is 14.7 Å². The highest BCUT2D eigenvalue weighted by molar-refractivity contribution is 5.92. The molecule has 1 fully saturated rings. The van der Waals surface area contributed by atoms with E-state index in [1.807, 2.05) is 11.8 Å². The Bertz CT molecular complexity index is 497. The minimum atomic E-state index is -0.786. The van der Waals surface area contributed by atoms with E-state index in [1.165, 1.54) is 0 Å². The Kier molecular flexibility index (Phi) is 3.84. The molecule has 2 heterocycles. The molecule has 0 aliphatic carbocycles. The molecule has 1 saturated heterocycles. The minimum absolute atomic E-state index is 0.137. The smallest absolute Gasteiger partial charge is 0.307 e. The Morgan fingerprint density at radius 3 is 2.84 bits per heavy atom. The molecule has 0 radical (unpaired) electrons. The monoisotopic (exact) mass is 266 g/mol. The van der Waals surface area contributed by atoms with Gasteiger partial charge in [0.05, 0.1) is 23.8 Å². The molecule has 2 rings (SSSR count). The number of rotatable bonds is 4. The van der Waals surface area contributed by atoms with Gasteiger partial charge < -0.3 is 10.4 Å². The van der Waals surface area contributed by atoms with Gasteiger partial charge in [0.2, 0.25) is 5.91 Å². The summed E-state index contributed by atoms with van der Waals surface area (Å²) < 4.78 is 1.64. The van der Waals surface area contributed by atoms with Gasteiger partial charge in [0.1, 0.15) is 0 Å². The van der Waals surface area contributed by atoms with Crippen LogP contribution in [0.4, 0.5) is 5.69 Å². The van der Waals surface area contributed by atoms with Crippen molar-refractivity contribution in [2.45, 2.75) is 13.3 Å². The molecule has 1 unspecified atom stereocenters. The standard InChI is InChI=1S/C12H18N4O3/c1-8-10(6-15(2)14-8)13-11(17)7-16-4-3-9(5-16)12(18)19/h6,9H,3-5,7H2,1-2H3,(H,13,17)(H,18,19). The lowest BCUT2D eigenvalue weighted by Gasteiger charge is -2.14. The summed E-state index contributed by atoms with van der Waals surface area (Å²) in [6, 6.07) is 0. The van der Waals surface area contributed by atoms with Crippen molar-refractivity contribution < 1.29 is 14.7 Å². The Labute approximate surface area is 111 Å². The molecule has 2 N–H and O–H groups in total. The predicted octanol–water partition coefficient (Wildman–Crippen LogP) is 0.0735. The van der Waals surface area contributed by atoms with E-state index in [1.54, 1.807) is 17.9 Å². The number of carboxylic acids is 1. The van der Waals surface area contributed by atoms with Gasteiger partial charge in [-0.2, -0.15) is 5.10 Å². The first-order valence-corrected chi connectivity index (χ1v) is 6.21. The Morgan fingerprint density at radius 1 is 1.58 bits per heavy atom. The summed E-state index contributed by atoms with van der Waals surface area (Å²) in [5.74, 6) is -1.28. The number of anilines is 1. The summed E-state index contributed by atoms with van der Waals surface area (Å²) >= 11 is 0. The average molecular weight is 266 g/mol. The van der Waals surface area contributed by atoms with Crippen molar-refractivity contribution >= 4 is 17.6 Å². The third kappa shape index (κ3) is 3.31. The van der Waals surface area contributed by atoms with Gasteiger partial charge in [0.25, 0.3) is 0 Å². The zero-order chi connectivity index (χ0) is 14.0. The normalized spacial score (nSPS) is 19.6. The van der Waals surface area contributed by atoms with Crippen molar-refractivity contribution in [1.29, 1.82) is 0 Å². The molecule has 1 amide bonds. The van der Waals surface area contributed by atoms with E-state index >= 15 is 0 Å². The van der Waals surface area contributed by atoms with Gasteiger partial charge in [-0.25, -0.2) is 0 Å². The van der Waals surface area contributed by atoms with Crippen LogP contribution >= 0.6 is 0 Å². The topological polar surface area (TPSA) is 87.5 Å². The van der Waals surface area contributed by atoms with Gasteiger partial charge in [-0.15, -0.1) is 0 Å². The fourth-order valence-corrected chi connectivity index (χ4v) is 2.29. The Balaban J connectivity index is 1.85. The van der Waals surface area contributed by atoms with E-state index in [0.29, 0.717) is 25.2 Å². The SMILES string of the molecule is Cc1nn(C)cc1NC(=O)CN1CCC(C(=O)O)C1. The van der Waals surface area contributed by atoms with Gasteiger partial charge in [-0.1, -0.05) is 0 Å². The summed E-state index contributed by atoms with van der Waals surface area (Å²) in [5.41, 5.74) is 1.46. The molecular formula is C12H18N4O3. The Morgan fingerprint density at radius 2 is 2.32 bits per heavy atom. The van der Waals surface area contributed by atoms with E-state index < -0.39 is 5.97 Å². The van der Waals surface area contributed by atoms with Crippen LogP contribution in [0.1, 0.15) is 12.1 Å². The van der Waals surface area contributed by atoms with Crippen molar-refractivity contribution in [2.75, 3.05) is 25.0 Å². The molecule has 1 atom stereocenters. The number of aryl methyl sites for hydroxylation is 2. The highest BCUT2D eigenvalue weighted by Crippen LogP contribution is 2.16. The molecule has 0 bridgehead atoms. The maximum atomic E-state index is 11.9. The van der Waals surface area contributed by atoms with Crippen LogP contribution in [0.2, 0.25) is 0 Å². The maximum Gasteiger partial charge on any atom is 0.307 e. The number of hydrogen-bond acceptors (Lipinski definition) is 4. The quantitative estimate of drug-likeness (QED) is 0.805. The van der Waals surface area contributed by atoms with Gasteiger partial charge >= 0.3 is 5.97 Å². The van der Waals surface area contributed by atoms with E-state index in [0.717, 1.165) is 5.69 Å². The summed E-state index contributed by atoms with van der Waals surface area (Å²) in [6.07, 6.45) is 2.35. The van der Waals surface area contributed by atoms with Crippen molar-refractivity contribution in [3.05, 3.63) is 11.9 Å². The zero-order valence-electron chi connectivity index (χ0n) is 11.1. The second-order valence-electron chi connectivity index (χ2n) is 4.91. The highest BCUT2D eigenvalue weighted by Gasteiger charge is 2.28. The third-order valence-corrected chi connectivity index (χ3v) is 3.28. The minimum Gasteiger partial charge on any atom is -0.481 e.